The lowest BCUT2D eigenvalue weighted by molar-refractivity contribution is 0.621. The molecule has 0 radical (unpaired) electrons. The molecule has 0 unspecified atom stereocenters. The Labute approximate surface area is 159 Å². The van der Waals surface area contributed by atoms with E-state index in [2.05, 4.69) is 40.5 Å². The quantitative estimate of drug-likeness (QED) is 0.726. The molecular weight excluding hydrogens is 336 g/mol. The third kappa shape index (κ3) is 3.66. The van der Waals surface area contributed by atoms with Gasteiger partial charge < -0.3 is 10.6 Å². The first kappa shape index (κ1) is 17.5. The fraction of sp³-hybridized carbons (Fsp3) is 0.333. The molecule has 2 N–H and O–H groups in total. The largest absolute Gasteiger partial charge is 0.361 e. The Balaban J connectivity index is 1.75. The summed E-state index contributed by atoms with van der Waals surface area (Å²) in [4.78, 5) is 18.4. The van der Waals surface area contributed by atoms with Crippen molar-refractivity contribution in [2.75, 3.05) is 11.9 Å². The minimum absolute atomic E-state index is 0.116. The summed E-state index contributed by atoms with van der Waals surface area (Å²) in [5.41, 5.74) is 5.52. The van der Waals surface area contributed by atoms with Gasteiger partial charge in [0.25, 0.3) is 0 Å². The molecule has 3 aromatic rings. The molecule has 4 rings (SSSR count). The smallest absolute Gasteiger partial charge is 0.161 e. The minimum Gasteiger partial charge on any atom is -0.361 e. The zero-order valence-electron chi connectivity index (χ0n) is 15.7. The molecule has 0 fully saturated rings. The van der Waals surface area contributed by atoms with Gasteiger partial charge in [-0.05, 0) is 50.1 Å². The van der Waals surface area contributed by atoms with Crippen LogP contribution in [-0.4, -0.2) is 26.5 Å². The molecule has 4 heterocycles. The van der Waals surface area contributed by atoms with Crippen molar-refractivity contribution >= 4 is 5.82 Å². The molecule has 6 heteroatoms. The minimum atomic E-state index is 0.116. The Kier molecular flexibility index (Phi) is 5.07. The summed E-state index contributed by atoms with van der Waals surface area (Å²) in [5.74, 6) is 1.65. The van der Waals surface area contributed by atoms with E-state index in [4.69, 9.17) is 9.97 Å². The van der Waals surface area contributed by atoms with Crippen LogP contribution in [0, 0.1) is 6.92 Å². The fourth-order valence-corrected chi connectivity index (χ4v) is 3.50. The van der Waals surface area contributed by atoms with Crippen LogP contribution < -0.4 is 10.6 Å². The maximum absolute atomic E-state index is 4.89. The molecule has 1 aliphatic heterocycles. The lowest BCUT2D eigenvalue weighted by atomic mass is 10.0. The molecule has 1 aliphatic rings. The third-order valence-electron chi connectivity index (χ3n) is 4.97. The molecule has 0 bridgehead atoms. The molecule has 0 aromatic carbocycles. The van der Waals surface area contributed by atoms with Crippen LogP contribution in [0.25, 0.3) is 11.4 Å². The lowest BCUT2D eigenvalue weighted by Crippen LogP contribution is -2.27. The highest BCUT2D eigenvalue weighted by atomic mass is 15.1. The zero-order valence-corrected chi connectivity index (χ0v) is 15.7. The molecule has 3 aromatic heterocycles. The van der Waals surface area contributed by atoms with Crippen LogP contribution in [0.15, 0.2) is 42.9 Å². The Bertz CT molecular complexity index is 925. The van der Waals surface area contributed by atoms with Crippen LogP contribution in [-0.2, 0) is 13.0 Å². The molecule has 0 spiro atoms. The normalized spacial score (nSPS) is 14.4. The van der Waals surface area contributed by atoms with Gasteiger partial charge in [-0.3, -0.25) is 9.97 Å². The highest BCUT2D eigenvalue weighted by molar-refractivity contribution is 5.60. The van der Waals surface area contributed by atoms with Gasteiger partial charge in [-0.15, -0.1) is 0 Å². The van der Waals surface area contributed by atoms with E-state index < -0.39 is 0 Å². The molecule has 1 atom stereocenters. The number of nitrogens with one attached hydrogen (secondary N) is 2. The van der Waals surface area contributed by atoms with Crippen molar-refractivity contribution in [2.45, 2.75) is 39.3 Å². The number of anilines is 1. The number of hydrogen-bond acceptors (Lipinski definition) is 6. The van der Waals surface area contributed by atoms with Gasteiger partial charge in [-0.25, -0.2) is 9.97 Å². The SMILES string of the molecule is CC[C@H](Nc1nc(-c2ccncc2)nc2c1CCNC2)c1ncccc1C. The third-order valence-corrected chi connectivity index (χ3v) is 4.97. The lowest BCUT2D eigenvalue weighted by Gasteiger charge is -2.24. The van der Waals surface area contributed by atoms with Crippen LogP contribution >= 0.6 is 0 Å². The van der Waals surface area contributed by atoms with Crippen LogP contribution in [0.1, 0.15) is 41.9 Å². The van der Waals surface area contributed by atoms with Gasteiger partial charge in [0, 0.05) is 36.3 Å². The Hall–Kier alpha value is -2.86. The summed E-state index contributed by atoms with van der Waals surface area (Å²) in [6.45, 7) is 5.99. The predicted molar refractivity (Wildman–Crippen MR) is 106 cm³/mol. The molecular formula is C21H24N6. The summed E-state index contributed by atoms with van der Waals surface area (Å²) in [5, 5.41) is 7.08. The number of rotatable bonds is 5. The number of aromatic nitrogens is 4. The first-order chi connectivity index (χ1) is 13.3. The number of aryl methyl sites for hydroxylation is 1. The summed E-state index contributed by atoms with van der Waals surface area (Å²) >= 11 is 0. The van der Waals surface area contributed by atoms with Crippen molar-refractivity contribution in [3.8, 4) is 11.4 Å². The van der Waals surface area contributed by atoms with Gasteiger partial charge in [0.2, 0.25) is 0 Å². The fourth-order valence-electron chi connectivity index (χ4n) is 3.50. The topological polar surface area (TPSA) is 75.6 Å². The molecule has 138 valence electrons. The van der Waals surface area contributed by atoms with Crippen LogP contribution in [0.5, 0.6) is 0 Å². The van der Waals surface area contributed by atoms with E-state index in [9.17, 15) is 0 Å². The van der Waals surface area contributed by atoms with Gasteiger partial charge in [-0.1, -0.05) is 13.0 Å². The van der Waals surface area contributed by atoms with Gasteiger partial charge in [0.05, 0.1) is 17.4 Å². The molecule has 6 nitrogen and oxygen atoms in total. The predicted octanol–water partition coefficient (Wildman–Crippen LogP) is 3.45. The maximum Gasteiger partial charge on any atom is 0.161 e. The summed E-state index contributed by atoms with van der Waals surface area (Å²) in [7, 11) is 0. The summed E-state index contributed by atoms with van der Waals surface area (Å²) in [6, 6.07) is 8.09. The number of hydrogen-bond donors (Lipinski definition) is 2. The van der Waals surface area contributed by atoms with Gasteiger partial charge in [-0.2, -0.15) is 0 Å². The van der Waals surface area contributed by atoms with Crippen molar-refractivity contribution in [3.63, 3.8) is 0 Å². The molecule has 0 saturated heterocycles. The summed E-state index contributed by atoms with van der Waals surface area (Å²) < 4.78 is 0. The molecule has 0 saturated carbocycles. The average molecular weight is 360 g/mol. The van der Waals surface area contributed by atoms with Gasteiger partial charge in [0.1, 0.15) is 5.82 Å². The van der Waals surface area contributed by atoms with E-state index >= 15 is 0 Å². The van der Waals surface area contributed by atoms with E-state index in [0.29, 0.717) is 0 Å². The molecule has 27 heavy (non-hydrogen) atoms. The van der Waals surface area contributed by atoms with Crippen molar-refractivity contribution in [3.05, 3.63) is 65.4 Å². The van der Waals surface area contributed by atoms with Crippen molar-refractivity contribution < 1.29 is 0 Å². The molecule has 0 amide bonds. The standard InChI is InChI=1S/C21H24N6/c1-3-17(19-14(2)5-4-9-24-19)25-21-16-8-12-23-13-18(16)26-20(27-21)15-6-10-22-11-7-15/h4-7,9-11,17,23H,3,8,12-13H2,1-2H3,(H,25,26,27)/t17-/m0/s1. The first-order valence-corrected chi connectivity index (χ1v) is 9.45. The van der Waals surface area contributed by atoms with Gasteiger partial charge >= 0.3 is 0 Å². The van der Waals surface area contributed by atoms with E-state index in [1.807, 2.05) is 24.4 Å². The first-order valence-electron chi connectivity index (χ1n) is 9.45. The van der Waals surface area contributed by atoms with Crippen molar-refractivity contribution in [1.29, 1.82) is 0 Å². The second-order valence-corrected chi connectivity index (χ2v) is 6.79. The molecule has 0 aliphatic carbocycles. The van der Waals surface area contributed by atoms with Crippen LogP contribution in [0.4, 0.5) is 5.82 Å². The van der Waals surface area contributed by atoms with Gasteiger partial charge in [0.15, 0.2) is 5.82 Å². The van der Waals surface area contributed by atoms with Crippen molar-refractivity contribution in [1.82, 2.24) is 25.3 Å². The highest BCUT2D eigenvalue weighted by Crippen LogP contribution is 2.29. The van der Waals surface area contributed by atoms with E-state index in [1.54, 1.807) is 12.4 Å². The monoisotopic (exact) mass is 360 g/mol. The second kappa shape index (κ2) is 7.80. The Morgan fingerprint density at radius 2 is 2.00 bits per heavy atom. The van der Waals surface area contributed by atoms with Crippen LogP contribution in [0.3, 0.4) is 0 Å². The van der Waals surface area contributed by atoms with Crippen molar-refractivity contribution in [2.24, 2.45) is 0 Å². The highest BCUT2D eigenvalue weighted by Gasteiger charge is 2.21. The maximum atomic E-state index is 4.89. The van der Waals surface area contributed by atoms with E-state index in [0.717, 1.165) is 54.5 Å². The van der Waals surface area contributed by atoms with E-state index in [-0.39, 0.29) is 6.04 Å². The zero-order chi connectivity index (χ0) is 18.6. The Morgan fingerprint density at radius 3 is 2.78 bits per heavy atom. The van der Waals surface area contributed by atoms with Crippen LogP contribution in [0.2, 0.25) is 0 Å². The number of nitrogens with zero attached hydrogens (tertiary/aromatic N) is 4. The summed E-state index contributed by atoms with van der Waals surface area (Å²) in [6.07, 6.45) is 7.25. The number of fused-ring (bicyclic) bond motifs is 1. The average Bonchev–Trinajstić information content (AvgIpc) is 2.73. The number of pyridine rings is 2. The Morgan fingerprint density at radius 1 is 1.15 bits per heavy atom. The van der Waals surface area contributed by atoms with E-state index in [1.165, 1.54) is 11.1 Å². The second-order valence-electron chi connectivity index (χ2n) is 6.79.